The molecule has 2 fully saturated rings. The Morgan fingerprint density at radius 2 is 2.13 bits per heavy atom. The molecule has 0 aliphatic carbocycles. The molecule has 0 bridgehead atoms. The topological polar surface area (TPSA) is 65.1 Å². The van der Waals surface area contributed by atoms with Crippen LogP contribution >= 0.6 is 0 Å². The van der Waals surface area contributed by atoms with Gasteiger partial charge < -0.3 is 9.88 Å². The van der Waals surface area contributed by atoms with Crippen LogP contribution in [0.4, 0.5) is 0 Å². The molecule has 2 saturated heterocycles. The van der Waals surface area contributed by atoms with Gasteiger partial charge in [-0.1, -0.05) is 0 Å². The summed E-state index contributed by atoms with van der Waals surface area (Å²) in [4.78, 5) is 28.7. The monoisotopic (exact) mass is 313 g/mol. The van der Waals surface area contributed by atoms with Gasteiger partial charge in [-0.3, -0.25) is 9.69 Å². The Kier molecular flexibility index (Phi) is 3.77. The van der Waals surface area contributed by atoms with Gasteiger partial charge in [0.1, 0.15) is 5.82 Å². The minimum Gasteiger partial charge on any atom is -0.340 e. The summed E-state index contributed by atoms with van der Waals surface area (Å²) >= 11 is 0. The highest BCUT2D eigenvalue weighted by Crippen LogP contribution is 2.31. The van der Waals surface area contributed by atoms with Crippen LogP contribution in [0, 0.1) is 0 Å². The fraction of sp³-hybridized carbons (Fsp3) is 0.588. The molecule has 0 saturated carbocycles. The number of carbonyl (C=O) groups is 1. The summed E-state index contributed by atoms with van der Waals surface area (Å²) in [6.45, 7) is 4.50. The van der Waals surface area contributed by atoms with Crippen LogP contribution in [0.3, 0.4) is 0 Å². The standard InChI is InChI=1S/C17H23N5O/c1-12(23)22-10-4-7-15(22)14-6-3-9-21(14)11-16-19-13-5-2-8-18-17(13)20-16/h2,5,8,14-15H,3-4,6-7,9-11H2,1H3,(H,18,19,20). The lowest BCUT2D eigenvalue weighted by Crippen LogP contribution is -2.47. The first-order valence-corrected chi connectivity index (χ1v) is 8.53. The van der Waals surface area contributed by atoms with Gasteiger partial charge in [0, 0.05) is 31.7 Å². The fourth-order valence-electron chi connectivity index (χ4n) is 4.23. The van der Waals surface area contributed by atoms with Crippen LogP contribution < -0.4 is 0 Å². The molecular formula is C17H23N5O. The molecule has 2 aliphatic heterocycles. The van der Waals surface area contributed by atoms with E-state index in [1.54, 1.807) is 13.1 Å². The number of nitrogens with one attached hydrogen (secondary N) is 1. The molecule has 0 radical (unpaired) electrons. The molecule has 4 heterocycles. The van der Waals surface area contributed by atoms with Crippen LogP contribution in [0.1, 0.15) is 38.4 Å². The van der Waals surface area contributed by atoms with Crippen LogP contribution in [0.2, 0.25) is 0 Å². The largest absolute Gasteiger partial charge is 0.340 e. The van der Waals surface area contributed by atoms with E-state index >= 15 is 0 Å². The number of amides is 1. The number of H-pyrrole nitrogens is 1. The van der Waals surface area contributed by atoms with E-state index < -0.39 is 0 Å². The Morgan fingerprint density at radius 3 is 2.96 bits per heavy atom. The zero-order chi connectivity index (χ0) is 15.8. The maximum atomic E-state index is 11.9. The Labute approximate surface area is 135 Å². The number of likely N-dealkylation sites (tertiary alicyclic amines) is 2. The Balaban J connectivity index is 1.52. The quantitative estimate of drug-likeness (QED) is 0.940. The van der Waals surface area contributed by atoms with Gasteiger partial charge in [0.25, 0.3) is 0 Å². The highest BCUT2D eigenvalue weighted by molar-refractivity contribution is 5.74. The molecule has 2 atom stereocenters. The molecule has 6 heteroatoms. The second-order valence-electron chi connectivity index (χ2n) is 6.66. The number of rotatable bonds is 3. The lowest BCUT2D eigenvalue weighted by atomic mass is 10.0. The van der Waals surface area contributed by atoms with E-state index in [-0.39, 0.29) is 5.91 Å². The molecule has 23 heavy (non-hydrogen) atoms. The van der Waals surface area contributed by atoms with Gasteiger partial charge in [-0.2, -0.15) is 0 Å². The second-order valence-corrected chi connectivity index (χ2v) is 6.66. The molecule has 2 aromatic heterocycles. The third kappa shape index (κ3) is 2.72. The zero-order valence-corrected chi connectivity index (χ0v) is 13.5. The minimum absolute atomic E-state index is 0.215. The van der Waals surface area contributed by atoms with Crippen molar-refractivity contribution in [2.75, 3.05) is 13.1 Å². The number of imidazole rings is 1. The highest BCUT2D eigenvalue weighted by atomic mass is 16.2. The molecule has 0 aromatic carbocycles. The van der Waals surface area contributed by atoms with Gasteiger partial charge in [-0.05, 0) is 44.4 Å². The molecule has 2 aliphatic rings. The first-order chi connectivity index (χ1) is 11.2. The van der Waals surface area contributed by atoms with E-state index in [1.165, 1.54) is 12.8 Å². The predicted molar refractivity (Wildman–Crippen MR) is 87.7 cm³/mol. The van der Waals surface area contributed by atoms with E-state index in [1.807, 2.05) is 12.1 Å². The summed E-state index contributed by atoms with van der Waals surface area (Å²) in [7, 11) is 0. The Bertz CT molecular complexity index is 679. The number of fused-ring (bicyclic) bond motifs is 1. The maximum absolute atomic E-state index is 11.9. The zero-order valence-electron chi connectivity index (χ0n) is 13.5. The smallest absolute Gasteiger partial charge is 0.219 e. The number of aromatic amines is 1. The number of nitrogens with zero attached hydrogens (tertiary/aromatic N) is 4. The van der Waals surface area contributed by atoms with E-state index in [0.29, 0.717) is 12.1 Å². The first-order valence-electron chi connectivity index (χ1n) is 8.53. The lowest BCUT2D eigenvalue weighted by molar-refractivity contribution is -0.130. The van der Waals surface area contributed by atoms with Crippen molar-refractivity contribution < 1.29 is 4.79 Å². The van der Waals surface area contributed by atoms with E-state index in [4.69, 9.17) is 0 Å². The van der Waals surface area contributed by atoms with Gasteiger partial charge in [0.2, 0.25) is 5.91 Å². The first kappa shape index (κ1) is 14.6. The molecule has 4 rings (SSSR count). The van der Waals surface area contributed by atoms with Crippen molar-refractivity contribution in [1.29, 1.82) is 0 Å². The summed E-state index contributed by atoms with van der Waals surface area (Å²) in [5, 5.41) is 0. The Hall–Kier alpha value is -1.95. The minimum atomic E-state index is 0.215. The van der Waals surface area contributed by atoms with Gasteiger partial charge in [0.15, 0.2) is 5.65 Å². The molecule has 6 nitrogen and oxygen atoms in total. The molecular weight excluding hydrogens is 290 g/mol. The molecule has 1 N–H and O–H groups in total. The molecule has 2 unspecified atom stereocenters. The van der Waals surface area contributed by atoms with Crippen molar-refractivity contribution in [2.45, 2.75) is 51.2 Å². The van der Waals surface area contributed by atoms with E-state index in [2.05, 4.69) is 24.8 Å². The summed E-state index contributed by atoms with van der Waals surface area (Å²) in [6.07, 6.45) is 6.40. The third-order valence-corrected chi connectivity index (χ3v) is 5.22. The van der Waals surface area contributed by atoms with Crippen LogP contribution in [0.25, 0.3) is 11.2 Å². The average molecular weight is 313 g/mol. The van der Waals surface area contributed by atoms with Crippen LogP contribution in [0.15, 0.2) is 18.3 Å². The number of aromatic nitrogens is 3. The van der Waals surface area contributed by atoms with Crippen LogP contribution in [0.5, 0.6) is 0 Å². The lowest BCUT2D eigenvalue weighted by Gasteiger charge is -2.34. The number of hydrogen-bond acceptors (Lipinski definition) is 4. The Morgan fingerprint density at radius 1 is 1.30 bits per heavy atom. The van der Waals surface area contributed by atoms with Gasteiger partial charge in [-0.25, -0.2) is 9.97 Å². The molecule has 2 aromatic rings. The van der Waals surface area contributed by atoms with Gasteiger partial charge in [0.05, 0.1) is 12.1 Å². The van der Waals surface area contributed by atoms with Gasteiger partial charge >= 0.3 is 0 Å². The summed E-state index contributed by atoms with van der Waals surface area (Å²) in [5.74, 6) is 1.19. The third-order valence-electron chi connectivity index (χ3n) is 5.22. The predicted octanol–water partition coefficient (Wildman–Crippen LogP) is 1.93. The molecule has 1 amide bonds. The average Bonchev–Trinajstić information content (AvgIpc) is 3.25. The van der Waals surface area contributed by atoms with Crippen molar-refractivity contribution in [2.24, 2.45) is 0 Å². The maximum Gasteiger partial charge on any atom is 0.219 e. The number of hydrogen-bond donors (Lipinski definition) is 1. The van der Waals surface area contributed by atoms with Crippen molar-refractivity contribution in [1.82, 2.24) is 24.8 Å². The SMILES string of the molecule is CC(=O)N1CCCC1C1CCCN1Cc1nc2ncccc2[nH]1. The van der Waals surface area contributed by atoms with E-state index in [0.717, 1.165) is 49.5 Å². The molecule has 122 valence electrons. The highest BCUT2D eigenvalue weighted by Gasteiger charge is 2.38. The van der Waals surface area contributed by atoms with Crippen molar-refractivity contribution in [3.63, 3.8) is 0 Å². The van der Waals surface area contributed by atoms with Gasteiger partial charge in [-0.15, -0.1) is 0 Å². The van der Waals surface area contributed by atoms with Crippen molar-refractivity contribution in [3.8, 4) is 0 Å². The van der Waals surface area contributed by atoms with Crippen LogP contribution in [-0.4, -0.2) is 55.8 Å². The molecule has 0 spiro atoms. The summed E-state index contributed by atoms with van der Waals surface area (Å²) < 4.78 is 0. The van der Waals surface area contributed by atoms with Crippen molar-refractivity contribution >= 4 is 17.1 Å². The summed E-state index contributed by atoms with van der Waals surface area (Å²) in [5.41, 5.74) is 1.77. The number of pyridine rings is 1. The van der Waals surface area contributed by atoms with Crippen molar-refractivity contribution in [3.05, 3.63) is 24.2 Å². The van der Waals surface area contributed by atoms with Crippen LogP contribution in [-0.2, 0) is 11.3 Å². The summed E-state index contributed by atoms with van der Waals surface area (Å²) in [6, 6.07) is 4.76. The fourth-order valence-corrected chi connectivity index (χ4v) is 4.23. The second kappa shape index (κ2) is 5.92. The number of carbonyl (C=O) groups excluding carboxylic acids is 1. The normalized spacial score (nSPS) is 25.5. The van der Waals surface area contributed by atoms with E-state index in [9.17, 15) is 4.79 Å².